The molecule has 3 rings (SSSR count). The number of carbonyl (C=O) groups excluding carboxylic acids is 1. The molecule has 0 saturated carbocycles. The molecular formula is C21H18N4O. The highest BCUT2D eigenvalue weighted by molar-refractivity contribution is 6.13. The van der Waals surface area contributed by atoms with E-state index in [2.05, 4.69) is 10.0 Å². The van der Waals surface area contributed by atoms with E-state index >= 15 is 0 Å². The first-order valence-corrected chi connectivity index (χ1v) is 8.22. The molecule has 26 heavy (non-hydrogen) atoms. The minimum atomic E-state index is -0.249. The summed E-state index contributed by atoms with van der Waals surface area (Å²) in [7, 11) is 0. The average molecular weight is 342 g/mol. The molecule has 1 amide bonds. The molecule has 5 heteroatoms. The molecule has 0 aliphatic rings. The van der Waals surface area contributed by atoms with Gasteiger partial charge in [-0.05, 0) is 49.7 Å². The Hall–Kier alpha value is -3.56. The molecule has 0 spiro atoms. The summed E-state index contributed by atoms with van der Waals surface area (Å²) in [6.45, 7) is 4.00. The summed E-state index contributed by atoms with van der Waals surface area (Å²) >= 11 is 0. The number of anilines is 2. The summed E-state index contributed by atoms with van der Waals surface area (Å²) in [6, 6.07) is 22.3. The topological polar surface area (TPSA) is 69.1 Å². The van der Waals surface area contributed by atoms with Gasteiger partial charge in [0.05, 0.1) is 5.69 Å². The predicted molar refractivity (Wildman–Crippen MR) is 104 cm³/mol. The Balaban J connectivity index is 2.14. The van der Waals surface area contributed by atoms with Crippen LogP contribution in [0.1, 0.15) is 21.5 Å². The van der Waals surface area contributed by atoms with E-state index in [-0.39, 0.29) is 5.91 Å². The summed E-state index contributed by atoms with van der Waals surface area (Å²) in [4.78, 5) is 17.8. The predicted octanol–water partition coefficient (Wildman–Crippen LogP) is 6.22. The minimum absolute atomic E-state index is 0.249. The van der Waals surface area contributed by atoms with Crippen LogP contribution in [0.15, 0.2) is 77.9 Å². The largest absolute Gasteiger partial charge is 0.277 e. The van der Waals surface area contributed by atoms with Gasteiger partial charge in [-0.25, -0.2) is 0 Å². The van der Waals surface area contributed by atoms with Crippen molar-refractivity contribution < 1.29 is 4.79 Å². The maximum atomic E-state index is 13.4. The van der Waals surface area contributed by atoms with Gasteiger partial charge in [0.1, 0.15) is 0 Å². The molecule has 0 unspecified atom stereocenters. The van der Waals surface area contributed by atoms with Crippen LogP contribution in [0, 0.1) is 13.8 Å². The van der Waals surface area contributed by atoms with Crippen molar-refractivity contribution >= 4 is 23.0 Å². The zero-order valence-electron chi connectivity index (χ0n) is 14.6. The first kappa shape index (κ1) is 17.3. The van der Waals surface area contributed by atoms with Gasteiger partial charge in [-0.15, -0.1) is 0 Å². The van der Waals surface area contributed by atoms with Gasteiger partial charge in [0, 0.05) is 21.8 Å². The Morgan fingerprint density at radius 1 is 0.846 bits per heavy atom. The second-order valence-corrected chi connectivity index (χ2v) is 6.02. The van der Waals surface area contributed by atoms with E-state index < -0.39 is 0 Å². The van der Waals surface area contributed by atoms with Crippen molar-refractivity contribution in [3.63, 3.8) is 0 Å². The number of benzene rings is 3. The normalized spacial score (nSPS) is 10.1. The molecule has 0 heterocycles. The first-order valence-electron chi connectivity index (χ1n) is 8.22. The number of hydrogen-bond donors (Lipinski definition) is 0. The van der Waals surface area contributed by atoms with Crippen LogP contribution in [0.4, 0.5) is 17.1 Å². The molecule has 0 atom stereocenters. The van der Waals surface area contributed by atoms with E-state index in [1.165, 1.54) is 0 Å². The molecule has 0 fully saturated rings. The lowest BCUT2D eigenvalue weighted by Crippen LogP contribution is -2.26. The lowest BCUT2D eigenvalue weighted by Gasteiger charge is -2.24. The van der Waals surface area contributed by atoms with Crippen molar-refractivity contribution in [3.05, 3.63) is 99.9 Å². The van der Waals surface area contributed by atoms with Crippen LogP contribution in [0.5, 0.6) is 0 Å². The highest BCUT2D eigenvalue weighted by atomic mass is 16.2. The van der Waals surface area contributed by atoms with Crippen LogP contribution >= 0.6 is 0 Å². The van der Waals surface area contributed by atoms with Gasteiger partial charge in [-0.2, -0.15) is 0 Å². The smallest absolute Gasteiger partial charge is 0.263 e. The maximum absolute atomic E-state index is 13.4. The fourth-order valence-corrected chi connectivity index (χ4v) is 2.68. The number of azide groups is 1. The number of nitrogens with zero attached hydrogens (tertiary/aromatic N) is 4. The molecular weight excluding hydrogens is 324 g/mol. The van der Waals surface area contributed by atoms with Gasteiger partial charge in [-0.3, -0.25) is 9.69 Å². The van der Waals surface area contributed by atoms with Gasteiger partial charge in [-0.1, -0.05) is 58.7 Å². The molecule has 5 nitrogen and oxygen atoms in total. The second-order valence-electron chi connectivity index (χ2n) is 6.02. The zero-order valence-corrected chi connectivity index (χ0v) is 14.6. The quantitative estimate of drug-likeness (QED) is 0.315. The molecule has 0 bridgehead atoms. The molecule has 0 aromatic heterocycles. The SMILES string of the molecule is Cc1ccc(N(C(=O)c2ccccc2N=[N+]=[N-])c2ccc(C)cc2)cc1. The highest BCUT2D eigenvalue weighted by Crippen LogP contribution is 2.31. The summed E-state index contributed by atoms with van der Waals surface area (Å²) in [5.74, 6) is -0.249. The van der Waals surface area contributed by atoms with Gasteiger partial charge in [0.15, 0.2) is 0 Å². The third-order valence-electron chi connectivity index (χ3n) is 4.07. The van der Waals surface area contributed by atoms with Gasteiger partial charge in [0.2, 0.25) is 0 Å². The fraction of sp³-hybridized carbons (Fsp3) is 0.0952. The van der Waals surface area contributed by atoms with E-state index in [0.29, 0.717) is 11.3 Å². The average Bonchev–Trinajstić information content (AvgIpc) is 2.66. The molecule has 0 aliphatic carbocycles. The van der Waals surface area contributed by atoms with E-state index in [4.69, 9.17) is 5.53 Å². The lowest BCUT2D eigenvalue weighted by atomic mass is 10.1. The second kappa shape index (κ2) is 7.55. The molecule has 3 aromatic rings. The Morgan fingerprint density at radius 2 is 1.35 bits per heavy atom. The Labute approximate surface area is 152 Å². The van der Waals surface area contributed by atoms with Crippen molar-refractivity contribution in [2.75, 3.05) is 4.90 Å². The lowest BCUT2D eigenvalue weighted by molar-refractivity contribution is 0.1000. The number of aryl methyl sites for hydroxylation is 2. The van der Waals surface area contributed by atoms with E-state index in [9.17, 15) is 4.79 Å². The van der Waals surface area contributed by atoms with Gasteiger partial charge in [0.25, 0.3) is 5.91 Å². The van der Waals surface area contributed by atoms with E-state index in [0.717, 1.165) is 22.5 Å². The maximum Gasteiger partial charge on any atom is 0.263 e. The molecule has 0 saturated heterocycles. The molecule has 3 aromatic carbocycles. The fourth-order valence-electron chi connectivity index (χ4n) is 2.68. The van der Waals surface area contributed by atoms with Crippen LogP contribution in [-0.4, -0.2) is 5.91 Å². The number of hydrogen-bond acceptors (Lipinski definition) is 2. The van der Waals surface area contributed by atoms with Crippen LogP contribution in [0.2, 0.25) is 0 Å². The third-order valence-corrected chi connectivity index (χ3v) is 4.07. The van der Waals surface area contributed by atoms with Crippen molar-refractivity contribution in [1.29, 1.82) is 0 Å². The molecule has 128 valence electrons. The highest BCUT2D eigenvalue weighted by Gasteiger charge is 2.21. The monoisotopic (exact) mass is 342 g/mol. The zero-order chi connectivity index (χ0) is 18.5. The van der Waals surface area contributed by atoms with Crippen LogP contribution < -0.4 is 4.90 Å². The van der Waals surface area contributed by atoms with Crippen molar-refractivity contribution in [1.82, 2.24) is 0 Å². The standard InChI is InChI=1S/C21H18N4O/c1-15-7-11-17(12-8-15)25(18-13-9-16(2)10-14-18)21(26)19-5-3-4-6-20(19)23-24-22/h3-14H,1-2H3. The van der Waals surface area contributed by atoms with Crippen molar-refractivity contribution in [2.45, 2.75) is 13.8 Å². The number of rotatable bonds is 4. The van der Waals surface area contributed by atoms with Crippen molar-refractivity contribution in [2.24, 2.45) is 5.11 Å². The summed E-state index contributed by atoms with van der Waals surface area (Å²) in [5, 5.41) is 3.66. The molecule has 0 aliphatic heterocycles. The minimum Gasteiger partial charge on any atom is -0.277 e. The summed E-state index contributed by atoms with van der Waals surface area (Å²) in [6.07, 6.45) is 0. The van der Waals surface area contributed by atoms with Gasteiger partial charge >= 0.3 is 0 Å². The van der Waals surface area contributed by atoms with Crippen LogP contribution in [-0.2, 0) is 0 Å². The van der Waals surface area contributed by atoms with Crippen molar-refractivity contribution in [3.8, 4) is 0 Å². The third kappa shape index (κ3) is 3.58. The Kier molecular flexibility index (Phi) is 5.02. The van der Waals surface area contributed by atoms with E-state index in [1.807, 2.05) is 62.4 Å². The molecule has 0 N–H and O–H groups in total. The number of carbonyl (C=O) groups is 1. The Morgan fingerprint density at radius 3 is 1.85 bits per heavy atom. The number of amides is 1. The van der Waals surface area contributed by atoms with Crippen LogP contribution in [0.3, 0.4) is 0 Å². The summed E-state index contributed by atoms with van der Waals surface area (Å²) in [5.41, 5.74) is 13.2. The Bertz CT molecular complexity index is 926. The first-order chi connectivity index (χ1) is 12.6. The molecule has 0 radical (unpaired) electrons. The summed E-state index contributed by atoms with van der Waals surface area (Å²) < 4.78 is 0. The van der Waals surface area contributed by atoms with E-state index in [1.54, 1.807) is 29.2 Å². The van der Waals surface area contributed by atoms with Crippen LogP contribution in [0.25, 0.3) is 10.4 Å². The van der Waals surface area contributed by atoms with Gasteiger partial charge < -0.3 is 0 Å².